The SMILES string of the molecule is Brc1ccc(NCc2ncccn2)c2ccccc12. The monoisotopic (exact) mass is 313 g/mol. The minimum absolute atomic E-state index is 0.618. The predicted molar refractivity (Wildman–Crippen MR) is 81.0 cm³/mol. The van der Waals surface area contributed by atoms with Crippen molar-refractivity contribution in [1.82, 2.24) is 9.97 Å². The first-order valence-electron chi connectivity index (χ1n) is 6.01. The molecular weight excluding hydrogens is 302 g/mol. The molecule has 2 aromatic carbocycles. The van der Waals surface area contributed by atoms with Gasteiger partial charge in [-0.25, -0.2) is 9.97 Å². The summed E-state index contributed by atoms with van der Waals surface area (Å²) >= 11 is 3.57. The highest BCUT2D eigenvalue weighted by atomic mass is 79.9. The lowest BCUT2D eigenvalue weighted by Gasteiger charge is -2.10. The maximum Gasteiger partial charge on any atom is 0.147 e. The molecule has 3 rings (SSSR count). The van der Waals surface area contributed by atoms with E-state index in [1.807, 2.05) is 18.2 Å². The van der Waals surface area contributed by atoms with Crippen LogP contribution in [0.4, 0.5) is 5.69 Å². The summed E-state index contributed by atoms with van der Waals surface area (Å²) in [6.45, 7) is 0.618. The van der Waals surface area contributed by atoms with Crippen molar-refractivity contribution >= 4 is 32.4 Å². The molecule has 0 amide bonds. The third-order valence-corrected chi connectivity index (χ3v) is 3.62. The number of nitrogens with one attached hydrogen (secondary N) is 1. The normalized spacial score (nSPS) is 10.6. The highest BCUT2D eigenvalue weighted by Crippen LogP contribution is 2.29. The van der Waals surface area contributed by atoms with Crippen molar-refractivity contribution in [3.05, 3.63) is 65.2 Å². The Balaban J connectivity index is 1.91. The van der Waals surface area contributed by atoms with E-state index in [0.29, 0.717) is 6.54 Å². The molecule has 0 aliphatic rings. The molecule has 94 valence electrons. The van der Waals surface area contributed by atoms with Crippen LogP contribution < -0.4 is 5.32 Å². The van der Waals surface area contributed by atoms with Gasteiger partial charge >= 0.3 is 0 Å². The number of fused-ring (bicyclic) bond motifs is 1. The number of nitrogens with zero attached hydrogens (tertiary/aromatic N) is 2. The fourth-order valence-corrected chi connectivity index (χ4v) is 2.49. The maximum atomic E-state index is 4.21. The second-order valence-corrected chi connectivity index (χ2v) is 5.01. The van der Waals surface area contributed by atoms with E-state index in [1.54, 1.807) is 12.4 Å². The van der Waals surface area contributed by atoms with Crippen LogP contribution in [0.15, 0.2) is 59.3 Å². The Hall–Kier alpha value is -1.94. The summed E-state index contributed by atoms with van der Waals surface area (Å²) in [7, 11) is 0. The van der Waals surface area contributed by atoms with Gasteiger partial charge < -0.3 is 5.32 Å². The lowest BCUT2D eigenvalue weighted by Crippen LogP contribution is -2.03. The molecule has 0 aliphatic carbocycles. The first-order chi connectivity index (χ1) is 9.34. The van der Waals surface area contributed by atoms with E-state index in [0.717, 1.165) is 16.0 Å². The predicted octanol–water partition coefficient (Wildman–Crippen LogP) is 4.00. The Bertz CT molecular complexity index is 698. The molecule has 3 aromatic rings. The van der Waals surface area contributed by atoms with E-state index in [-0.39, 0.29) is 0 Å². The minimum Gasteiger partial charge on any atom is -0.377 e. The van der Waals surface area contributed by atoms with Crippen LogP contribution in [0.5, 0.6) is 0 Å². The van der Waals surface area contributed by atoms with Crippen molar-refractivity contribution < 1.29 is 0 Å². The van der Waals surface area contributed by atoms with E-state index in [4.69, 9.17) is 0 Å². The Kier molecular flexibility index (Phi) is 3.42. The summed E-state index contributed by atoms with van der Waals surface area (Å²) < 4.78 is 1.10. The van der Waals surface area contributed by atoms with Crippen LogP contribution >= 0.6 is 15.9 Å². The van der Waals surface area contributed by atoms with Gasteiger partial charge in [0, 0.05) is 27.9 Å². The van der Waals surface area contributed by atoms with Crippen LogP contribution in [0.3, 0.4) is 0 Å². The Morgan fingerprint density at radius 3 is 2.42 bits per heavy atom. The lowest BCUT2D eigenvalue weighted by molar-refractivity contribution is 0.950. The van der Waals surface area contributed by atoms with Crippen LogP contribution in [0.2, 0.25) is 0 Å². The van der Waals surface area contributed by atoms with Crippen LogP contribution in [0, 0.1) is 0 Å². The number of anilines is 1. The van der Waals surface area contributed by atoms with Gasteiger partial charge in [-0.15, -0.1) is 0 Å². The number of benzene rings is 2. The van der Waals surface area contributed by atoms with E-state index < -0.39 is 0 Å². The highest BCUT2D eigenvalue weighted by Gasteiger charge is 2.04. The van der Waals surface area contributed by atoms with Gasteiger partial charge in [0.25, 0.3) is 0 Å². The molecule has 1 aromatic heterocycles. The molecule has 0 saturated carbocycles. The van der Waals surface area contributed by atoms with Gasteiger partial charge in [-0.1, -0.05) is 40.2 Å². The fraction of sp³-hybridized carbons (Fsp3) is 0.0667. The molecule has 0 saturated heterocycles. The van der Waals surface area contributed by atoms with Crippen LogP contribution in [-0.2, 0) is 6.54 Å². The van der Waals surface area contributed by atoms with Gasteiger partial charge in [0.05, 0.1) is 6.54 Å². The van der Waals surface area contributed by atoms with Gasteiger partial charge in [-0.05, 0) is 23.6 Å². The molecule has 3 nitrogen and oxygen atoms in total. The molecule has 4 heteroatoms. The van der Waals surface area contributed by atoms with Gasteiger partial charge in [0.1, 0.15) is 5.82 Å². The number of aromatic nitrogens is 2. The van der Waals surface area contributed by atoms with Crippen molar-refractivity contribution in [2.45, 2.75) is 6.54 Å². The Morgan fingerprint density at radius 1 is 0.895 bits per heavy atom. The number of rotatable bonds is 3. The zero-order valence-electron chi connectivity index (χ0n) is 10.2. The molecule has 0 unspecified atom stereocenters. The first-order valence-corrected chi connectivity index (χ1v) is 6.81. The quantitative estimate of drug-likeness (QED) is 0.794. The van der Waals surface area contributed by atoms with Crippen molar-refractivity contribution in [1.29, 1.82) is 0 Å². The molecule has 0 aliphatic heterocycles. The minimum atomic E-state index is 0.618. The molecule has 19 heavy (non-hydrogen) atoms. The summed E-state index contributed by atoms with van der Waals surface area (Å²) in [5, 5.41) is 5.77. The molecule has 0 radical (unpaired) electrons. The van der Waals surface area contributed by atoms with Crippen molar-refractivity contribution in [3.8, 4) is 0 Å². The van der Waals surface area contributed by atoms with E-state index in [9.17, 15) is 0 Å². The number of hydrogen-bond acceptors (Lipinski definition) is 3. The smallest absolute Gasteiger partial charge is 0.147 e. The maximum absolute atomic E-state index is 4.21. The van der Waals surface area contributed by atoms with Crippen molar-refractivity contribution in [2.75, 3.05) is 5.32 Å². The summed E-state index contributed by atoms with van der Waals surface area (Å²) in [5.41, 5.74) is 1.09. The van der Waals surface area contributed by atoms with Crippen LogP contribution in [0.25, 0.3) is 10.8 Å². The van der Waals surface area contributed by atoms with Gasteiger partial charge in [-0.3, -0.25) is 0 Å². The van der Waals surface area contributed by atoms with E-state index >= 15 is 0 Å². The molecule has 1 N–H and O–H groups in total. The number of halogens is 1. The molecule has 0 atom stereocenters. The van der Waals surface area contributed by atoms with Crippen molar-refractivity contribution in [2.24, 2.45) is 0 Å². The fourth-order valence-electron chi connectivity index (χ4n) is 2.01. The Morgan fingerprint density at radius 2 is 1.63 bits per heavy atom. The number of hydrogen-bond donors (Lipinski definition) is 1. The average Bonchev–Trinajstić information content (AvgIpc) is 2.48. The molecule has 0 spiro atoms. The summed E-state index contributed by atoms with van der Waals surface area (Å²) in [4.78, 5) is 8.42. The Labute approximate surface area is 119 Å². The second-order valence-electron chi connectivity index (χ2n) is 4.16. The largest absolute Gasteiger partial charge is 0.377 e. The van der Waals surface area contributed by atoms with E-state index in [1.165, 1.54) is 10.8 Å². The summed E-state index contributed by atoms with van der Waals surface area (Å²) in [6.07, 6.45) is 3.51. The zero-order valence-corrected chi connectivity index (χ0v) is 11.8. The molecule has 0 fully saturated rings. The second kappa shape index (κ2) is 5.36. The molecule has 1 heterocycles. The standard InChI is InChI=1S/C15H12BrN3/c16-13-6-7-14(12-5-2-1-4-11(12)13)19-10-15-17-8-3-9-18-15/h1-9,19H,10H2. The van der Waals surface area contributed by atoms with Gasteiger partial charge in [-0.2, -0.15) is 0 Å². The summed E-state index contributed by atoms with van der Waals surface area (Å²) in [5.74, 6) is 0.787. The first kappa shape index (κ1) is 12.1. The van der Waals surface area contributed by atoms with Crippen molar-refractivity contribution in [3.63, 3.8) is 0 Å². The van der Waals surface area contributed by atoms with E-state index in [2.05, 4.69) is 55.5 Å². The lowest BCUT2D eigenvalue weighted by atomic mass is 10.1. The molecule has 0 bridgehead atoms. The topological polar surface area (TPSA) is 37.8 Å². The van der Waals surface area contributed by atoms with Crippen LogP contribution in [0.1, 0.15) is 5.82 Å². The average molecular weight is 314 g/mol. The van der Waals surface area contributed by atoms with Crippen LogP contribution in [-0.4, -0.2) is 9.97 Å². The molecular formula is C15H12BrN3. The third kappa shape index (κ3) is 2.58. The van der Waals surface area contributed by atoms with Gasteiger partial charge in [0.15, 0.2) is 0 Å². The zero-order chi connectivity index (χ0) is 13.1. The highest BCUT2D eigenvalue weighted by molar-refractivity contribution is 9.10. The summed E-state index contributed by atoms with van der Waals surface area (Å²) in [6, 6.07) is 14.2. The van der Waals surface area contributed by atoms with Gasteiger partial charge in [0.2, 0.25) is 0 Å². The third-order valence-electron chi connectivity index (χ3n) is 2.93.